The number of esters is 1. The topological polar surface area (TPSA) is 72.5 Å². The molecule has 0 saturated heterocycles. The molecule has 0 unspecified atom stereocenters. The molecule has 0 saturated carbocycles. The second kappa shape index (κ2) is 7.72. The van der Waals surface area contributed by atoms with Gasteiger partial charge in [0.1, 0.15) is 0 Å². The summed E-state index contributed by atoms with van der Waals surface area (Å²) in [5.74, 6) is -0.574. The molecule has 1 amide bonds. The van der Waals surface area contributed by atoms with Crippen LogP contribution >= 0.6 is 0 Å². The van der Waals surface area contributed by atoms with Crippen molar-refractivity contribution in [3.8, 4) is 0 Å². The van der Waals surface area contributed by atoms with Crippen molar-refractivity contribution >= 4 is 23.3 Å². The maximum atomic E-state index is 12.0. The quantitative estimate of drug-likeness (QED) is 0.497. The van der Waals surface area contributed by atoms with Crippen LogP contribution in [-0.4, -0.2) is 23.8 Å². The Kier molecular flexibility index (Phi) is 5.68. The molecule has 23 heavy (non-hydrogen) atoms. The van der Waals surface area contributed by atoms with Gasteiger partial charge in [0.25, 0.3) is 5.91 Å². The van der Waals surface area contributed by atoms with Gasteiger partial charge in [0.15, 0.2) is 11.9 Å². The molecule has 1 N–H and O–H groups in total. The molecule has 1 aromatic rings. The number of allylic oxidation sites excluding steroid dienone is 2. The van der Waals surface area contributed by atoms with Gasteiger partial charge in [-0.15, -0.1) is 0 Å². The Bertz CT molecular complexity index is 618. The van der Waals surface area contributed by atoms with E-state index in [1.165, 1.54) is 6.92 Å². The number of anilines is 1. The zero-order chi connectivity index (χ0) is 16.8. The normalized spacial score (nSPS) is 17.6. The zero-order valence-corrected chi connectivity index (χ0v) is 13.4. The van der Waals surface area contributed by atoms with E-state index in [1.807, 2.05) is 6.08 Å². The number of carbonyl (C=O) groups excluding carboxylic acids is 3. The van der Waals surface area contributed by atoms with Crippen LogP contribution in [0.5, 0.6) is 0 Å². The summed E-state index contributed by atoms with van der Waals surface area (Å²) in [6.07, 6.45) is 5.46. The molecular weight excluding hydrogens is 294 g/mol. The maximum absolute atomic E-state index is 12.0. The van der Waals surface area contributed by atoms with Crippen molar-refractivity contribution in [1.82, 2.24) is 0 Å². The largest absolute Gasteiger partial charge is 0.453 e. The molecule has 0 spiro atoms. The Balaban J connectivity index is 1.83. The molecule has 0 bridgehead atoms. The zero-order valence-electron chi connectivity index (χ0n) is 13.4. The average Bonchev–Trinajstić information content (AvgIpc) is 3.00. The highest BCUT2D eigenvalue weighted by molar-refractivity contribution is 5.97. The van der Waals surface area contributed by atoms with E-state index in [-0.39, 0.29) is 17.7 Å². The summed E-state index contributed by atoms with van der Waals surface area (Å²) < 4.78 is 5.17. The van der Waals surface area contributed by atoms with E-state index in [0.717, 1.165) is 12.8 Å². The summed E-state index contributed by atoms with van der Waals surface area (Å²) in [5, 5.41) is 2.67. The van der Waals surface area contributed by atoms with Crippen LogP contribution in [0.4, 0.5) is 5.69 Å². The van der Waals surface area contributed by atoms with Crippen molar-refractivity contribution in [2.75, 3.05) is 5.32 Å². The molecule has 1 aliphatic carbocycles. The third-order valence-electron chi connectivity index (χ3n) is 3.78. The van der Waals surface area contributed by atoms with Crippen molar-refractivity contribution in [2.45, 2.75) is 39.2 Å². The summed E-state index contributed by atoms with van der Waals surface area (Å²) in [6.45, 7) is 3.02. The van der Waals surface area contributed by atoms with Gasteiger partial charge in [0.2, 0.25) is 0 Å². The van der Waals surface area contributed by atoms with Crippen molar-refractivity contribution < 1.29 is 19.1 Å². The molecular formula is C18H21NO4. The Hall–Kier alpha value is -2.43. The fraction of sp³-hybridized carbons (Fsp3) is 0.389. The van der Waals surface area contributed by atoms with Crippen LogP contribution in [0.15, 0.2) is 36.4 Å². The van der Waals surface area contributed by atoms with Crippen LogP contribution in [-0.2, 0) is 14.3 Å². The minimum absolute atomic E-state index is 0.0360. The first-order valence-corrected chi connectivity index (χ1v) is 7.73. The molecule has 5 nitrogen and oxygen atoms in total. The summed E-state index contributed by atoms with van der Waals surface area (Å²) in [7, 11) is 0. The van der Waals surface area contributed by atoms with Crippen LogP contribution in [0, 0.1) is 5.92 Å². The fourth-order valence-corrected chi connectivity index (χ4v) is 2.41. The molecule has 122 valence electrons. The van der Waals surface area contributed by atoms with Crippen LogP contribution in [0.3, 0.4) is 0 Å². The number of rotatable bonds is 6. The number of nitrogens with one attached hydrogen (secondary N) is 1. The number of Topliss-reactive ketones (excluding diaryl/α,β-unsaturated/α-hetero) is 1. The van der Waals surface area contributed by atoms with Crippen LogP contribution in [0.2, 0.25) is 0 Å². The molecule has 0 heterocycles. The molecule has 0 radical (unpaired) electrons. The first-order chi connectivity index (χ1) is 11.0. The standard InChI is InChI=1S/C18H21NO4/c1-12(20)15-7-9-16(10-8-15)19-18(22)13(2)23-17(21)11-14-5-3-4-6-14/h3,5,7-10,13-14H,4,6,11H2,1-2H3,(H,19,22)/t13-,14-/m1/s1. The van der Waals surface area contributed by atoms with E-state index < -0.39 is 12.0 Å². The van der Waals surface area contributed by atoms with Crippen LogP contribution < -0.4 is 5.32 Å². The van der Waals surface area contributed by atoms with Gasteiger partial charge in [-0.25, -0.2) is 0 Å². The molecule has 5 heteroatoms. The molecule has 1 aliphatic rings. The lowest BCUT2D eigenvalue weighted by atomic mass is 10.1. The van der Waals surface area contributed by atoms with Gasteiger partial charge in [0, 0.05) is 11.3 Å². The van der Waals surface area contributed by atoms with Crippen molar-refractivity contribution in [3.63, 3.8) is 0 Å². The van der Waals surface area contributed by atoms with E-state index in [4.69, 9.17) is 4.74 Å². The second-order valence-corrected chi connectivity index (χ2v) is 5.72. The Morgan fingerprint density at radius 1 is 1.26 bits per heavy atom. The van der Waals surface area contributed by atoms with Gasteiger partial charge in [-0.2, -0.15) is 0 Å². The van der Waals surface area contributed by atoms with Crippen LogP contribution in [0.1, 0.15) is 43.5 Å². The molecule has 2 rings (SSSR count). The van der Waals surface area contributed by atoms with Gasteiger partial charge in [-0.3, -0.25) is 14.4 Å². The third-order valence-corrected chi connectivity index (χ3v) is 3.78. The lowest BCUT2D eigenvalue weighted by Gasteiger charge is -2.15. The minimum atomic E-state index is -0.861. The van der Waals surface area contributed by atoms with Crippen molar-refractivity contribution in [1.29, 1.82) is 0 Å². The van der Waals surface area contributed by atoms with E-state index in [9.17, 15) is 14.4 Å². The summed E-state index contributed by atoms with van der Waals surface area (Å²) in [4.78, 5) is 35.0. The number of amides is 1. The second-order valence-electron chi connectivity index (χ2n) is 5.72. The SMILES string of the molecule is CC(=O)c1ccc(NC(=O)[C@@H](C)OC(=O)C[C@@H]2C=CCC2)cc1. The maximum Gasteiger partial charge on any atom is 0.307 e. The Morgan fingerprint density at radius 2 is 1.96 bits per heavy atom. The minimum Gasteiger partial charge on any atom is -0.453 e. The number of hydrogen-bond acceptors (Lipinski definition) is 4. The van der Waals surface area contributed by atoms with E-state index >= 15 is 0 Å². The van der Waals surface area contributed by atoms with Crippen molar-refractivity contribution in [2.24, 2.45) is 5.92 Å². The highest BCUT2D eigenvalue weighted by Gasteiger charge is 2.21. The highest BCUT2D eigenvalue weighted by Crippen LogP contribution is 2.21. The lowest BCUT2D eigenvalue weighted by Crippen LogP contribution is -2.30. The fourth-order valence-electron chi connectivity index (χ4n) is 2.41. The first-order valence-electron chi connectivity index (χ1n) is 7.73. The van der Waals surface area contributed by atoms with E-state index in [0.29, 0.717) is 17.7 Å². The van der Waals surface area contributed by atoms with Crippen LogP contribution in [0.25, 0.3) is 0 Å². The number of ketones is 1. The number of carbonyl (C=O) groups is 3. The van der Waals surface area contributed by atoms with Gasteiger partial charge < -0.3 is 10.1 Å². The lowest BCUT2D eigenvalue weighted by molar-refractivity contribution is -0.153. The number of ether oxygens (including phenoxy) is 1. The number of benzene rings is 1. The highest BCUT2D eigenvalue weighted by atomic mass is 16.5. The number of hydrogen-bond donors (Lipinski definition) is 1. The molecule has 0 fully saturated rings. The summed E-state index contributed by atoms with van der Waals surface area (Å²) in [5.41, 5.74) is 1.13. The summed E-state index contributed by atoms with van der Waals surface area (Å²) >= 11 is 0. The molecule has 1 aromatic carbocycles. The third kappa shape index (κ3) is 5.06. The van der Waals surface area contributed by atoms with Gasteiger partial charge in [-0.05, 0) is 56.9 Å². The van der Waals surface area contributed by atoms with E-state index in [2.05, 4.69) is 11.4 Å². The molecule has 2 atom stereocenters. The van der Waals surface area contributed by atoms with Crippen molar-refractivity contribution in [3.05, 3.63) is 42.0 Å². The molecule has 0 aliphatic heterocycles. The van der Waals surface area contributed by atoms with Gasteiger partial charge in [0.05, 0.1) is 6.42 Å². The van der Waals surface area contributed by atoms with Gasteiger partial charge >= 0.3 is 5.97 Å². The van der Waals surface area contributed by atoms with Gasteiger partial charge in [-0.1, -0.05) is 12.2 Å². The Morgan fingerprint density at radius 3 is 2.52 bits per heavy atom. The monoisotopic (exact) mass is 315 g/mol. The Labute approximate surface area is 135 Å². The predicted molar refractivity (Wildman–Crippen MR) is 87.1 cm³/mol. The smallest absolute Gasteiger partial charge is 0.307 e. The van der Waals surface area contributed by atoms with E-state index in [1.54, 1.807) is 31.2 Å². The average molecular weight is 315 g/mol. The first kappa shape index (κ1) is 16.9. The predicted octanol–water partition coefficient (Wildman–Crippen LogP) is 3.12. The molecule has 0 aromatic heterocycles. The summed E-state index contributed by atoms with van der Waals surface area (Å²) in [6, 6.07) is 6.57.